The van der Waals surface area contributed by atoms with Crippen LogP contribution in [0.5, 0.6) is 0 Å². The molecule has 2 rings (SSSR count). The molecule has 0 aliphatic carbocycles. The lowest BCUT2D eigenvalue weighted by Crippen LogP contribution is -2.52. The summed E-state index contributed by atoms with van der Waals surface area (Å²) in [5.41, 5.74) is 0. The quantitative estimate of drug-likeness (QED) is 0.673. The molecule has 2 aliphatic heterocycles. The van der Waals surface area contributed by atoms with Crippen LogP contribution in [0.1, 0.15) is 6.42 Å². The monoisotopic (exact) mass is 244 g/mol. The van der Waals surface area contributed by atoms with Gasteiger partial charge in [-0.25, -0.2) is 0 Å². The molecule has 5 nitrogen and oxygen atoms in total. The predicted molar refractivity (Wildman–Crippen MR) is 61.3 cm³/mol. The van der Waals surface area contributed by atoms with Gasteiger partial charge in [0.1, 0.15) is 6.04 Å². The Morgan fingerprint density at radius 1 is 1.44 bits per heavy atom. The topological polar surface area (TPSA) is 58.6 Å². The van der Waals surface area contributed by atoms with E-state index in [2.05, 4.69) is 5.32 Å². The highest BCUT2D eigenvalue weighted by molar-refractivity contribution is 7.99. The van der Waals surface area contributed by atoms with Crippen molar-refractivity contribution >= 4 is 23.6 Å². The fraction of sp³-hybridized carbons (Fsp3) is 0.800. The highest BCUT2D eigenvalue weighted by atomic mass is 32.2. The van der Waals surface area contributed by atoms with Crippen LogP contribution < -0.4 is 5.32 Å². The lowest BCUT2D eigenvalue weighted by molar-refractivity contribution is -0.139. The van der Waals surface area contributed by atoms with Crippen molar-refractivity contribution in [2.75, 3.05) is 37.8 Å². The van der Waals surface area contributed by atoms with Crippen LogP contribution in [0.25, 0.3) is 0 Å². The second-order valence-corrected chi connectivity index (χ2v) is 5.03. The molecule has 0 radical (unpaired) electrons. The second-order valence-electron chi connectivity index (χ2n) is 3.88. The van der Waals surface area contributed by atoms with Crippen molar-refractivity contribution in [3.05, 3.63) is 0 Å². The Balaban J connectivity index is 1.93. The molecule has 0 saturated carbocycles. The highest BCUT2D eigenvalue weighted by Crippen LogP contribution is 2.12. The van der Waals surface area contributed by atoms with Gasteiger partial charge in [0.05, 0.1) is 13.2 Å². The summed E-state index contributed by atoms with van der Waals surface area (Å²) in [4.78, 5) is 25.2. The zero-order valence-electron chi connectivity index (χ0n) is 9.11. The first kappa shape index (κ1) is 11.7. The Hall–Kier alpha value is -0.750. The molecule has 0 bridgehead atoms. The zero-order chi connectivity index (χ0) is 11.4. The average Bonchev–Trinajstić information content (AvgIpc) is 2.54. The van der Waals surface area contributed by atoms with Gasteiger partial charge in [0.2, 0.25) is 11.8 Å². The first-order chi connectivity index (χ1) is 7.77. The summed E-state index contributed by atoms with van der Waals surface area (Å²) in [6.07, 6.45) is 0.511. The minimum atomic E-state index is -0.349. The Kier molecular flexibility index (Phi) is 4.06. The van der Waals surface area contributed by atoms with E-state index in [1.165, 1.54) is 0 Å². The molecule has 0 aromatic rings. The molecule has 6 heteroatoms. The molecule has 2 fully saturated rings. The summed E-state index contributed by atoms with van der Waals surface area (Å²) in [5, 5.41) is 2.78. The van der Waals surface area contributed by atoms with Crippen LogP contribution in [0, 0.1) is 0 Å². The number of nitrogens with one attached hydrogen (secondary N) is 1. The van der Waals surface area contributed by atoms with Gasteiger partial charge in [-0.2, -0.15) is 11.8 Å². The first-order valence-electron chi connectivity index (χ1n) is 5.51. The van der Waals surface area contributed by atoms with Gasteiger partial charge in [0.15, 0.2) is 0 Å². The van der Waals surface area contributed by atoms with Crippen LogP contribution >= 0.6 is 11.8 Å². The van der Waals surface area contributed by atoms with Gasteiger partial charge in [-0.15, -0.1) is 0 Å². The molecule has 2 aliphatic rings. The number of morpholine rings is 1. The first-order valence-corrected chi connectivity index (χ1v) is 6.66. The normalized spacial score (nSPS) is 27.1. The summed E-state index contributed by atoms with van der Waals surface area (Å²) >= 11 is 1.66. The van der Waals surface area contributed by atoms with Crippen LogP contribution in [0.15, 0.2) is 0 Å². The van der Waals surface area contributed by atoms with Crippen LogP contribution in [0.3, 0.4) is 0 Å². The van der Waals surface area contributed by atoms with Gasteiger partial charge in [0.25, 0.3) is 0 Å². The molecule has 0 aromatic heterocycles. The molecule has 0 aromatic carbocycles. The van der Waals surface area contributed by atoms with Crippen molar-refractivity contribution in [2.24, 2.45) is 0 Å². The fourth-order valence-corrected chi connectivity index (χ4v) is 2.77. The van der Waals surface area contributed by atoms with E-state index < -0.39 is 0 Å². The van der Waals surface area contributed by atoms with Crippen molar-refractivity contribution in [2.45, 2.75) is 12.5 Å². The Labute approximate surface area is 98.9 Å². The maximum absolute atomic E-state index is 12.1. The molecule has 2 saturated heterocycles. The maximum atomic E-state index is 12.1. The summed E-state index contributed by atoms with van der Waals surface area (Å²) < 4.78 is 5.20. The lowest BCUT2D eigenvalue weighted by Gasteiger charge is -2.30. The number of nitrogens with zero attached hydrogens (tertiary/aromatic N) is 1. The third-order valence-corrected chi connectivity index (χ3v) is 3.78. The van der Waals surface area contributed by atoms with Gasteiger partial charge < -0.3 is 15.0 Å². The summed E-state index contributed by atoms with van der Waals surface area (Å²) in [6, 6.07) is -0.349. The molecule has 16 heavy (non-hydrogen) atoms. The zero-order valence-corrected chi connectivity index (χ0v) is 9.92. The SMILES string of the molecule is O=C1CCSC[C@H](C(=O)N2CCOCC2)N1. The van der Waals surface area contributed by atoms with Crippen molar-refractivity contribution in [1.29, 1.82) is 0 Å². The van der Waals surface area contributed by atoms with E-state index in [1.807, 2.05) is 0 Å². The average molecular weight is 244 g/mol. The maximum Gasteiger partial charge on any atom is 0.246 e. The highest BCUT2D eigenvalue weighted by Gasteiger charge is 2.28. The number of thioether (sulfide) groups is 1. The number of hydrogen-bond acceptors (Lipinski definition) is 4. The minimum absolute atomic E-state index is 0.0170. The molecule has 90 valence electrons. The summed E-state index contributed by atoms with van der Waals surface area (Å²) in [7, 11) is 0. The smallest absolute Gasteiger partial charge is 0.246 e. The number of hydrogen-bond donors (Lipinski definition) is 1. The molecule has 1 N–H and O–H groups in total. The third-order valence-electron chi connectivity index (χ3n) is 2.71. The van der Waals surface area contributed by atoms with E-state index in [0.717, 1.165) is 5.75 Å². The van der Waals surface area contributed by atoms with E-state index in [0.29, 0.717) is 38.5 Å². The van der Waals surface area contributed by atoms with Crippen LogP contribution in [0.4, 0.5) is 0 Å². The molecular weight excluding hydrogens is 228 g/mol. The van der Waals surface area contributed by atoms with Crippen molar-refractivity contribution in [3.8, 4) is 0 Å². The van der Waals surface area contributed by atoms with Crippen LogP contribution in [-0.2, 0) is 14.3 Å². The van der Waals surface area contributed by atoms with E-state index in [-0.39, 0.29) is 17.9 Å². The molecule has 1 atom stereocenters. The van der Waals surface area contributed by atoms with E-state index in [1.54, 1.807) is 16.7 Å². The number of carbonyl (C=O) groups is 2. The lowest BCUT2D eigenvalue weighted by atomic mass is 10.2. The van der Waals surface area contributed by atoms with Crippen LogP contribution in [0.2, 0.25) is 0 Å². The fourth-order valence-electron chi connectivity index (χ4n) is 1.81. The summed E-state index contributed by atoms with van der Waals surface area (Å²) in [5.74, 6) is 1.50. The van der Waals surface area contributed by atoms with Gasteiger partial charge >= 0.3 is 0 Å². The Morgan fingerprint density at radius 3 is 2.94 bits per heavy atom. The number of carbonyl (C=O) groups excluding carboxylic acids is 2. The number of amides is 2. The molecule has 2 heterocycles. The number of rotatable bonds is 1. The van der Waals surface area contributed by atoms with Gasteiger partial charge in [0, 0.05) is 31.0 Å². The number of ether oxygens (including phenoxy) is 1. The van der Waals surface area contributed by atoms with Crippen molar-refractivity contribution in [3.63, 3.8) is 0 Å². The second kappa shape index (κ2) is 5.54. The van der Waals surface area contributed by atoms with E-state index in [4.69, 9.17) is 4.74 Å². The van der Waals surface area contributed by atoms with Crippen molar-refractivity contribution in [1.82, 2.24) is 10.2 Å². The molecule has 0 unspecified atom stereocenters. The van der Waals surface area contributed by atoms with Crippen LogP contribution in [-0.4, -0.2) is 60.6 Å². The molecule has 0 spiro atoms. The van der Waals surface area contributed by atoms with Gasteiger partial charge in [-0.05, 0) is 0 Å². The molecular formula is C10H16N2O3S. The standard InChI is InChI=1S/C10H16N2O3S/c13-9-1-6-16-7-8(11-9)10(14)12-2-4-15-5-3-12/h8H,1-7H2,(H,11,13)/t8-/m1/s1. The van der Waals surface area contributed by atoms with E-state index >= 15 is 0 Å². The Bertz CT molecular complexity index is 279. The van der Waals surface area contributed by atoms with E-state index in [9.17, 15) is 9.59 Å². The van der Waals surface area contributed by atoms with Gasteiger partial charge in [-0.1, -0.05) is 0 Å². The molecule has 2 amide bonds. The van der Waals surface area contributed by atoms with Crippen molar-refractivity contribution < 1.29 is 14.3 Å². The minimum Gasteiger partial charge on any atom is -0.378 e. The largest absolute Gasteiger partial charge is 0.378 e. The Morgan fingerprint density at radius 2 is 2.19 bits per heavy atom. The van der Waals surface area contributed by atoms with Gasteiger partial charge in [-0.3, -0.25) is 9.59 Å². The predicted octanol–water partition coefficient (Wildman–Crippen LogP) is -0.533. The third kappa shape index (κ3) is 2.89. The summed E-state index contributed by atoms with van der Waals surface area (Å²) in [6.45, 7) is 2.46.